The van der Waals surface area contributed by atoms with Crippen molar-refractivity contribution in [3.8, 4) is 0 Å². The van der Waals surface area contributed by atoms with Crippen molar-refractivity contribution in [3.05, 3.63) is 65.0 Å². The highest BCUT2D eigenvalue weighted by atomic mass is 16.5. The molecule has 2 rings (SSSR count). The Labute approximate surface area is 147 Å². The lowest BCUT2D eigenvalue weighted by Gasteiger charge is -2.11. The highest BCUT2D eigenvalue weighted by molar-refractivity contribution is 5.27. The van der Waals surface area contributed by atoms with E-state index in [1.54, 1.807) is 0 Å². The molecule has 1 aromatic carbocycles. The van der Waals surface area contributed by atoms with Crippen LogP contribution in [0.3, 0.4) is 0 Å². The first-order valence-corrected chi connectivity index (χ1v) is 9.41. The lowest BCUT2D eigenvalue weighted by atomic mass is 9.99. The van der Waals surface area contributed by atoms with E-state index >= 15 is 0 Å². The lowest BCUT2D eigenvalue weighted by molar-refractivity contribution is 0.123. The van der Waals surface area contributed by atoms with Crippen molar-refractivity contribution in [2.45, 2.75) is 65.4 Å². The van der Waals surface area contributed by atoms with E-state index in [0.717, 1.165) is 25.1 Å². The van der Waals surface area contributed by atoms with Crippen LogP contribution in [0, 0.1) is 0 Å². The van der Waals surface area contributed by atoms with E-state index in [0.29, 0.717) is 6.61 Å². The molecule has 0 atom stereocenters. The van der Waals surface area contributed by atoms with Gasteiger partial charge in [-0.3, -0.25) is 4.98 Å². The summed E-state index contributed by atoms with van der Waals surface area (Å²) >= 11 is 0. The smallest absolute Gasteiger partial charge is 0.0717 e. The predicted octanol–water partition coefficient (Wildman–Crippen LogP) is 5.53. The van der Waals surface area contributed by atoms with Crippen LogP contribution in [0.2, 0.25) is 0 Å². The molecule has 0 saturated heterocycles. The number of unbranched alkanes of at least 4 members (excludes halogenated alkanes) is 2. The van der Waals surface area contributed by atoms with Crippen LogP contribution in [0.4, 0.5) is 0 Å². The lowest BCUT2D eigenvalue weighted by Crippen LogP contribution is -2.04. The van der Waals surface area contributed by atoms with Crippen LogP contribution in [0.15, 0.2) is 42.6 Å². The average Bonchev–Trinajstić information content (AvgIpc) is 2.63. The molecule has 0 aliphatic rings. The van der Waals surface area contributed by atoms with Crippen LogP contribution in [-0.2, 0) is 30.6 Å². The Kier molecular flexibility index (Phi) is 8.54. The Morgan fingerprint density at radius 2 is 1.58 bits per heavy atom. The second-order valence-corrected chi connectivity index (χ2v) is 6.44. The van der Waals surface area contributed by atoms with Crippen LogP contribution in [0.1, 0.15) is 61.9 Å². The molecule has 0 aliphatic carbocycles. The van der Waals surface area contributed by atoms with E-state index in [4.69, 9.17) is 4.74 Å². The largest absolute Gasteiger partial charge is 0.376 e. The van der Waals surface area contributed by atoms with E-state index < -0.39 is 0 Å². The van der Waals surface area contributed by atoms with Gasteiger partial charge in [0.1, 0.15) is 0 Å². The van der Waals surface area contributed by atoms with Crippen molar-refractivity contribution in [1.82, 2.24) is 4.98 Å². The number of benzene rings is 1. The molecule has 130 valence electrons. The van der Waals surface area contributed by atoms with Gasteiger partial charge in [0.2, 0.25) is 0 Å². The molecule has 0 amide bonds. The van der Waals surface area contributed by atoms with E-state index in [9.17, 15) is 0 Å². The number of aromatic nitrogens is 1. The molecular formula is C22H31NO. The van der Waals surface area contributed by atoms with Gasteiger partial charge in [-0.2, -0.15) is 0 Å². The molecule has 2 aromatic rings. The molecule has 0 saturated carbocycles. The number of rotatable bonds is 11. The Morgan fingerprint density at radius 3 is 2.29 bits per heavy atom. The van der Waals surface area contributed by atoms with Crippen molar-refractivity contribution in [2.75, 3.05) is 6.61 Å². The second-order valence-electron chi connectivity index (χ2n) is 6.44. The molecule has 0 radical (unpaired) electrons. The van der Waals surface area contributed by atoms with Gasteiger partial charge in [-0.15, -0.1) is 0 Å². The summed E-state index contributed by atoms with van der Waals surface area (Å²) in [5, 5.41) is 0. The number of aryl methyl sites for hydroxylation is 2. The molecule has 0 fully saturated rings. The van der Waals surface area contributed by atoms with E-state index in [1.807, 2.05) is 6.07 Å². The highest BCUT2D eigenvalue weighted by Gasteiger charge is 2.06. The molecule has 0 unspecified atom stereocenters. The monoisotopic (exact) mass is 325 g/mol. The van der Waals surface area contributed by atoms with E-state index in [-0.39, 0.29) is 0 Å². The first kappa shape index (κ1) is 18.7. The topological polar surface area (TPSA) is 22.1 Å². The zero-order valence-electron chi connectivity index (χ0n) is 15.3. The minimum Gasteiger partial charge on any atom is -0.376 e. The summed E-state index contributed by atoms with van der Waals surface area (Å²) in [6, 6.07) is 12.6. The van der Waals surface area contributed by atoms with Gasteiger partial charge < -0.3 is 4.74 Å². The van der Waals surface area contributed by atoms with Gasteiger partial charge in [0.05, 0.1) is 13.2 Å². The van der Waals surface area contributed by atoms with Gasteiger partial charge >= 0.3 is 0 Å². The van der Waals surface area contributed by atoms with Gasteiger partial charge in [-0.05, 0) is 48.4 Å². The number of pyridine rings is 1. The first-order valence-electron chi connectivity index (χ1n) is 9.41. The first-order chi connectivity index (χ1) is 11.8. The molecule has 0 N–H and O–H groups in total. The molecule has 2 heteroatoms. The summed E-state index contributed by atoms with van der Waals surface area (Å²) in [7, 11) is 0. The van der Waals surface area contributed by atoms with E-state index in [1.165, 1.54) is 48.8 Å². The fraction of sp³-hybridized carbons (Fsp3) is 0.500. The molecule has 0 aliphatic heterocycles. The average molecular weight is 325 g/mol. The molecular weight excluding hydrogens is 294 g/mol. The summed E-state index contributed by atoms with van der Waals surface area (Å²) in [5.41, 5.74) is 5.33. The molecule has 0 spiro atoms. The zero-order chi connectivity index (χ0) is 17.0. The van der Waals surface area contributed by atoms with Crippen molar-refractivity contribution < 1.29 is 4.74 Å². The molecule has 1 aromatic heterocycles. The minimum absolute atomic E-state index is 0.679. The zero-order valence-corrected chi connectivity index (χ0v) is 15.3. The number of hydrogen-bond acceptors (Lipinski definition) is 2. The summed E-state index contributed by atoms with van der Waals surface area (Å²) in [6.07, 6.45) is 10.3. The third-order valence-electron chi connectivity index (χ3n) is 4.35. The van der Waals surface area contributed by atoms with Crippen molar-refractivity contribution in [1.29, 1.82) is 0 Å². The summed E-state index contributed by atoms with van der Waals surface area (Å²) < 4.78 is 5.80. The van der Waals surface area contributed by atoms with Gasteiger partial charge in [0, 0.05) is 18.3 Å². The normalized spacial score (nSPS) is 10.9. The van der Waals surface area contributed by atoms with Gasteiger partial charge in [-0.25, -0.2) is 0 Å². The fourth-order valence-corrected chi connectivity index (χ4v) is 2.84. The van der Waals surface area contributed by atoms with E-state index in [2.05, 4.69) is 55.4 Å². The Morgan fingerprint density at radius 1 is 0.875 bits per heavy atom. The molecule has 24 heavy (non-hydrogen) atoms. The fourth-order valence-electron chi connectivity index (χ4n) is 2.84. The van der Waals surface area contributed by atoms with Crippen molar-refractivity contribution in [3.63, 3.8) is 0 Å². The number of hydrogen-bond donors (Lipinski definition) is 0. The maximum Gasteiger partial charge on any atom is 0.0717 e. The Bertz CT molecular complexity index is 580. The summed E-state index contributed by atoms with van der Waals surface area (Å²) in [6.45, 7) is 5.91. The molecule has 1 heterocycles. The van der Waals surface area contributed by atoms with Crippen molar-refractivity contribution in [2.24, 2.45) is 0 Å². The van der Waals surface area contributed by atoms with Crippen LogP contribution in [0.25, 0.3) is 0 Å². The summed E-state index contributed by atoms with van der Waals surface area (Å²) in [5.74, 6) is 0. The summed E-state index contributed by atoms with van der Waals surface area (Å²) in [4.78, 5) is 4.66. The molecule has 0 bridgehead atoms. The molecule has 2 nitrogen and oxygen atoms in total. The van der Waals surface area contributed by atoms with Gasteiger partial charge in [-0.1, -0.05) is 57.0 Å². The van der Waals surface area contributed by atoms with Crippen LogP contribution < -0.4 is 0 Å². The van der Waals surface area contributed by atoms with Crippen molar-refractivity contribution >= 4 is 0 Å². The maximum atomic E-state index is 5.80. The third-order valence-corrected chi connectivity index (χ3v) is 4.35. The number of nitrogens with zero attached hydrogens (tertiary/aromatic N) is 1. The van der Waals surface area contributed by atoms with Crippen LogP contribution >= 0.6 is 0 Å². The predicted molar refractivity (Wildman–Crippen MR) is 101 cm³/mol. The van der Waals surface area contributed by atoms with Gasteiger partial charge in [0.15, 0.2) is 0 Å². The Balaban J connectivity index is 1.87. The third kappa shape index (κ3) is 6.45. The second kappa shape index (κ2) is 11.0. The van der Waals surface area contributed by atoms with Crippen LogP contribution in [0.5, 0.6) is 0 Å². The minimum atomic E-state index is 0.679. The quantitative estimate of drug-likeness (QED) is 0.507. The standard InChI is InChI=1S/C22H31NO/c1-3-5-12-20-16-22(23-17-21(20)13-6-4-2)14-15-24-18-19-10-8-7-9-11-19/h7-11,16-17H,3-6,12-15,18H2,1-2H3. The maximum absolute atomic E-state index is 5.80. The van der Waals surface area contributed by atoms with Crippen LogP contribution in [-0.4, -0.2) is 11.6 Å². The van der Waals surface area contributed by atoms with Gasteiger partial charge in [0.25, 0.3) is 0 Å². The number of ether oxygens (including phenoxy) is 1. The Hall–Kier alpha value is -1.67. The highest BCUT2D eigenvalue weighted by Crippen LogP contribution is 2.16. The SMILES string of the molecule is CCCCc1cnc(CCOCc2ccccc2)cc1CCCC.